The third kappa shape index (κ3) is 4.85. The largest absolute Gasteiger partial charge is 0.495 e. The smallest absolute Gasteiger partial charge is 0.250 e. The predicted octanol–water partition coefficient (Wildman–Crippen LogP) is 3.99. The molecule has 0 aliphatic carbocycles. The van der Waals surface area contributed by atoms with Gasteiger partial charge in [0, 0.05) is 67.0 Å². The molecule has 188 valence electrons. The molecule has 1 fully saturated rings. The average molecular weight is 498 g/mol. The maximum Gasteiger partial charge on any atom is 0.250 e. The molecule has 4 aromatic rings. The van der Waals surface area contributed by atoms with Crippen LogP contribution in [0.3, 0.4) is 0 Å². The van der Waals surface area contributed by atoms with Crippen molar-refractivity contribution in [3.63, 3.8) is 0 Å². The Balaban J connectivity index is 1.25. The van der Waals surface area contributed by atoms with Crippen LogP contribution in [0.25, 0.3) is 11.4 Å². The summed E-state index contributed by atoms with van der Waals surface area (Å²) in [4.78, 5) is 26.4. The van der Waals surface area contributed by atoms with Crippen LogP contribution in [0.15, 0.2) is 65.8 Å². The molecule has 0 atom stereocenters. The molecule has 0 bridgehead atoms. The number of H-pyrrole nitrogens is 1. The van der Waals surface area contributed by atoms with Gasteiger partial charge >= 0.3 is 0 Å². The lowest BCUT2D eigenvalue weighted by Crippen LogP contribution is -2.36. The summed E-state index contributed by atoms with van der Waals surface area (Å²) >= 11 is 0. The highest BCUT2D eigenvalue weighted by Gasteiger charge is 2.23. The van der Waals surface area contributed by atoms with Gasteiger partial charge in [0.2, 0.25) is 0 Å². The van der Waals surface area contributed by atoms with Crippen molar-refractivity contribution in [2.24, 2.45) is 0 Å². The fourth-order valence-electron chi connectivity index (χ4n) is 4.71. The lowest BCUT2D eigenvalue weighted by Gasteiger charge is -2.29. The van der Waals surface area contributed by atoms with E-state index in [1.54, 1.807) is 25.6 Å². The summed E-state index contributed by atoms with van der Waals surface area (Å²) in [5, 5.41) is 3.45. The lowest BCUT2D eigenvalue weighted by atomic mass is 9.99. The highest BCUT2D eigenvalue weighted by molar-refractivity contribution is 5.71. The molecule has 37 heavy (non-hydrogen) atoms. The van der Waals surface area contributed by atoms with E-state index >= 15 is 0 Å². The third-order valence-corrected chi connectivity index (χ3v) is 6.60. The van der Waals surface area contributed by atoms with Crippen LogP contribution in [-0.2, 0) is 17.7 Å². The van der Waals surface area contributed by atoms with E-state index in [0.717, 1.165) is 52.7 Å². The van der Waals surface area contributed by atoms with E-state index in [1.807, 2.05) is 36.5 Å². The van der Waals surface area contributed by atoms with Gasteiger partial charge in [-0.15, -0.1) is 0 Å². The van der Waals surface area contributed by atoms with Gasteiger partial charge in [-0.3, -0.25) is 14.8 Å². The summed E-state index contributed by atoms with van der Waals surface area (Å²) in [6, 6.07) is 13.6. The van der Waals surface area contributed by atoms with E-state index in [9.17, 15) is 4.79 Å². The molecule has 0 saturated carbocycles. The molecule has 9 nitrogen and oxygen atoms in total. The van der Waals surface area contributed by atoms with E-state index in [0.29, 0.717) is 43.3 Å². The van der Waals surface area contributed by atoms with Gasteiger partial charge in [-0.05, 0) is 42.0 Å². The number of anilines is 2. The lowest BCUT2D eigenvalue weighted by molar-refractivity contribution is 0.122. The van der Waals surface area contributed by atoms with Crippen molar-refractivity contribution >= 4 is 11.4 Å². The van der Waals surface area contributed by atoms with Gasteiger partial charge in [0.05, 0.1) is 32.2 Å². The standard InChI is InChI=1S/C28H27N5O4/c1-35-23-10-18(15-29-17-23)16-31-21-2-3-25-20(12-21)11-19-4-5-30-27(28(19)37-25)24-13-22(14-26(34)32-24)33-6-8-36-9-7-33/h2-5,10,12-15,17,31H,6-9,11,16H2,1H3,(H,32,34). The predicted molar refractivity (Wildman–Crippen MR) is 141 cm³/mol. The first-order chi connectivity index (χ1) is 18.2. The number of pyridine rings is 3. The molecule has 1 aromatic carbocycles. The number of benzene rings is 1. The Morgan fingerprint density at radius 2 is 1.97 bits per heavy atom. The van der Waals surface area contributed by atoms with Gasteiger partial charge in [-0.25, -0.2) is 0 Å². The van der Waals surface area contributed by atoms with Crippen molar-refractivity contribution in [1.29, 1.82) is 0 Å². The molecular formula is C28H27N5O4. The maximum absolute atomic E-state index is 12.5. The van der Waals surface area contributed by atoms with Gasteiger partial charge in [0.1, 0.15) is 17.2 Å². The van der Waals surface area contributed by atoms with Crippen LogP contribution in [0.5, 0.6) is 17.2 Å². The quantitative estimate of drug-likeness (QED) is 0.363. The summed E-state index contributed by atoms with van der Waals surface area (Å²) in [7, 11) is 1.63. The molecule has 2 N–H and O–H groups in total. The Morgan fingerprint density at radius 3 is 2.84 bits per heavy atom. The second-order valence-electron chi connectivity index (χ2n) is 9.05. The Morgan fingerprint density at radius 1 is 1.08 bits per heavy atom. The van der Waals surface area contributed by atoms with Crippen LogP contribution in [0.2, 0.25) is 0 Å². The molecule has 2 aliphatic rings. The summed E-state index contributed by atoms with van der Waals surface area (Å²) < 4.78 is 17.1. The number of hydrogen-bond acceptors (Lipinski definition) is 8. The first kappa shape index (κ1) is 23.1. The minimum absolute atomic E-state index is 0.170. The molecule has 0 radical (unpaired) electrons. The van der Waals surface area contributed by atoms with E-state index < -0.39 is 0 Å². The first-order valence-corrected chi connectivity index (χ1v) is 12.2. The average Bonchev–Trinajstić information content (AvgIpc) is 2.95. The van der Waals surface area contributed by atoms with E-state index in [-0.39, 0.29) is 5.56 Å². The fourth-order valence-corrected chi connectivity index (χ4v) is 4.71. The highest BCUT2D eigenvalue weighted by atomic mass is 16.5. The van der Waals surface area contributed by atoms with Gasteiger partial charge in [0.25, 0.3) is 5.56 Å². The molecule has 0 spiro atoms. The van der Waals surface area contributed by atoms with Crippen LogP contribution in [0.1, 0.15) is 16.7 Å². The van der Waals surface area contributed by atoms with Crippen LogP contribution in [0, 0.1) is 0 Å². The minimum Gasteiger partial charge on any atom is -0.495 e. The molecule has 6 rings (SSSR count). The first-order valence-electron chi connectivity index (χ1n) is 12.2. The van der Waals surface area contributed by atoms with Crippen molar-refractivity contribution in [3.05, 3.63) is 88.1 Å². The van der Waals surface area contributed by atoms with Crippen molar-refractivity contribution in [2.45, 2.75) is 13.0 Å². The number of ether oxygens (including phenoxy) is 3. The van der Waals surface area contributed by atoms with E-state index in [4.69, 9.17) is 14.2 Å². The van der Waals surface area contributed by atoms with Crippen molar-refractivity contribution in [1.82, 2.24) is 15.0 Å². The van der Waals surface area contributed by atoms with Crippen molar-refractivity contribution in [2.75, 3.05) is 43.6 Å². The number of methoxy groups -OCH3 is 1. The zero-order chi connectivity index (χ0) is 25.2. The molecule has 9 heteroatoms. The number of nitrogens with zero attached hydrogens (tertiary/aromatic N) is 3. The van der Waals surface area contributed by atoms with Crippen molar-refractivity contribution in [3.8, 4) is 28.6 Å². The summed E-state index contributed by atoms with van der Waals surface area (Å²) in [5.74, 6) is 2.19. The third-order valence-electron chi connectivity index (χ3n) is 6.60. The number of aromatic amines is 1. The minimum atomic E-state index is -0.170. The second-order valence-corrected chi connectivity index (χ2v) is 9.05. The molecule has 3 aromatic heterocycles. The number of morpholine rings is 1. The number of fused-ring (bicyclic) bond motifs is 2. The molecule has 2 aliphatic heterocycles. The summed E-state index contributed by atoms with van der Waals surface area (Å²) in [5.41, 5.74) is 6.07. The Bertz CT molecular complexity index is 1500. The van der Waals surface area contributed by atoms with Crippen LogP contribution >= 0.6 is 0 Å². The molecular weight excluding hydrogens is 470 g/mol. The Kier molecular flexibility index (Phi) is 6.20. The maximum atomic E-state index is 12.5. The van der Waals surface area contributed by atoms with E-state index in [1.165, 1.54) is 0 Å². The number of aromatic nitrogens is 3. The van der Waals surface area contributed by atoms with E-state index in [2.05, 4.69) is 31.2 Å². The van der Waals surface area contributed by atoms with Crippen LogP contribution < -0.4 is 25.2 Å². The van der Waals surface area contributed by atoms with Gasteiger partial charge in [-0.1, -0.05) is 0 Å². The van der Waals surface area contributed by atoms with Crippen LogP contribution in [-0.4, -0.2) is 48.4 Å². The zero-order valence-corrected chi connectivity index (χ0v) is 20.5. The zero-order valence-electron chi connectivity index (χ0n) is 20.5. The van der Waals surface area contributed by atoms with Gasteiger partial charge < -0.3 is 29.4 Å². The molecule has 1 saturated heterocycles. The monoisotopic (exact) mass is 497 g/mol. The van der Waals surface area contributed by atoms with Crippen molar-refractivity contribution < 1.29 is 14.2 Å². The van der Waals surface area contributed by atoms with Crippen LogP contribution in [0.4, 0.5) is 11.4 Å². The van der Waals surface area contributed by atoms with Gasteiger partial charge in [-0.2, -0.15) is 0 Å². The second kappa shape index (κ2) is 9.94. The SMILES string of the molecule is COc1cncc(CNc2ccc3c(c2)Cc2ccnc(-c4cc(N5CCOCC5)cc(=O)[nH]4)c2O3)c1. The summed E-state index contributed by atoms with van der Waals surface area (Å²) in [6.07, 6.45) is 5.97. The number of rotatable bonds is 6. The highest BCUT2D eigenvalue weighted by Crippen LogP contribution is 2.42. The summed E-state index contributed by atoms with van der Waals surface area (Å²) in [6.45, 7) is 3.42. The topological polar surface area (TPSA) is 102 Å². The van der Waals surface area contributed by atoms with Gasteiger partial charge in [0.15, 0.2) is 5.75 Å². The Labute approximate surface area is 214 Å². The number of nitrogens with one attached hydrogen (secondary N) is 2. The number of hydrogen-bond donors (Lipinski definition) is 2. The molecule has 5 heterocycles. The molecule has 0 amide bonds. The fraction of sp³-hybridized carbons (Fsp3) is 0.250. The Hall–Kier alpha value is -4.37. The normalized spacial score (nSPS) is 14.4. The molecule has 0 unspecified atom stereocenters.